The molecule has 4 rings (SSSR count). The molecule has 1 aliphatic carbocycles. The van der Waals surface area contributed by atoms with E-state index in [1.54, 1.807) is 10.9 Å². The fourth-order valence-electron chi connectivity index (χ4n) is 3.95. The molecule has 6 nitrogen and oxygen atoms in total. The molecule has 1 saturated carbocycles. The lowest BCUT2D eigenvalue weighted by Crippen LogP contribution is -2.43. The third kappa shape index (κ3) is 3.23. The van der Waals surface area contributed by atoms with Crippen molar-refractivity contribution in [1.29, 1.82) is 0 Å². The van der Waals surface area contributed by atoms with Crippen molar-refractivity contribution in [3.8, 4) is 0 Å². The van der Waals surface area contributed by atoms with Crippen molar-refractivity contribution in [2.45, 2.75) is 50.7 Å². The fourth-order valence-corrected chi connectivity index (χ4v) is 4.48. The van der Waals surface area contributed by atoms with Crippen LogP contribution in [-0.2, 0) is 6.54 Å². The van der Waals surface area contributed by atoms with Gasteiger partial charge in [0.1, 0.15) is 5.69 Å². The molecule has 2 aromatic heterocycles. The van der Waals surface area contributed by atoms with E-state index in [1.807, 2.05) is 6.20 Å². The first kappa shape index (κ1) is 15.8. The van der Waals surface area contributed by atoms with E-state index in [0.717, 1.165) is 25.6 Å². The Morgan fingerprint density at radius 1 is 1.38 bits per heavy atom. The van der Waals surface area contributed by atoms with Gasteiger partial charge in [0.05, 0.1) is 17.2 Å². The molecule has 1 N–H and O–H groups in total. The molecular weight excluding hydrogens is 322 g/mol. The Morgan fingerprint density at radius 2 is 2.25 bits per heavy atom. The summed E-state index contributed by atoms with van der Waals surface area (Å²) in [4.78, 5) is 18.7. The van der Waals surface area contributed by atoms with Gasteiger partial charge in [0, 0.05) is 37.3 Å². The SMILES string of the molecule is O=C(NCC[C@@H]1CN(C2CCCC2)Cc2ccnn21)c1cscn1. The maximum absolute atomic E-state index is 12.0. The normalized spacial score (nSPS) is 21.8. The molecule has 0 bridgehead atoms. The summed E-state index contributed by atoms with van der Waals surface area (Å²) in [6.45, 7) is 2.69. The van der Waals surface area contributed by atoms with Crippen molar-refractivity contribution in [3.05, 3.63) is 34.5 Å². The van der Waals surface area contributed by atoms with Gasteiger partial charge in [-0.2, -0.15) is 5.10 Å². The second-order valence-corrected chi connectivity index (χ2v) is 7.43. The number of thiazole rings is 1. The quantitative estimate of drug-likeness (QED) is 0.904. The number of aromatic nitrogens is 3. The number of carbonyl (C=O) groups excluding carboxylic acids is 1. The van der Waals surface area contributed by atoms with E-state index in [9.17, 15) is 4.79 Å². The Balaban J connectivity index is 1.37. The molecule has 1 atom stereocenters. The van der Waals surface area contributed by atoms with Crippen LogP contribution < -0.4 is 5.32 Å². The van der Waals surface area contributed by atoms with Gasteiger partial charge >= 0.3 is 0 Å². The minimum absolute atomic E-state index is 0.0830. The van der Waals surface area contributed by atoms with Gasteiger partial charge in [-0.3, -0.25) is 14.4 Å². The van der Waals surface area contributed by atoms with Crippen LogP contribution in [0, 0.1) is 0 Å². The minimum Gasteiger partial charge on any atom is -0.351 e. The summed E-state index contributed by atoms with van der Waals surface area (Å²) >= 11 is 1.44. The molecule has 0 spiro atoms. The summed E-state index contributed by atoms with van der Waals surface area (Å²) in [5.41, 5.74) is 3.49. The molecule has 1 aliphatic heterocycles. The molecule has 0 saturated heterocycles. The molecule has 0 unspecified atom stereocenters. The minimum atomic E-state index is -0.0830. The zero-order valence-electron chi connectivity index (χ0n) is 13.7. The predicted octanol–water partition coefficient (Wildman–Crippen LogP) is 2.46. The van der Waals surface area contributed by atoms with Gasteiger partial charge in [-0.05, 0) is 25.3 Å². The van der Waals surface area contributed by atoms with Gasteiger partial charge in [0.2, 0.25) is 0 Å². The van der Waals surface area contributed by atoms with Crippen molar-refractivity contribution >= 4 is 17.2 Å². The molecular formula is C17H23N5OS. The molecule has 2 aliphatic rings. The second kappa shape index (κ2) is 7.03. The van der Waals surface area contributed by atoms with Gasteiger partial charge in [-0.1, -0.05) is 12.8 Å². The van der Waals surface area contributed by atoms with Crippen LogP contribution in [0.1, 0.15) is 54.3 Å². The summed E-state index contributed by atoms with van der Waals surface area (Å²) in [6, 6.07) is 3.18. The Morgan fingerprint density at radius 3 is 3.04 bits per heavy atom. The second-order valence-electron chi connectivity index (χ2n) is 6.71. The summed E-state index contributed by atoms with van der Waals surface area (Å²) in [6.07, 6.45) is 8.15. The molecule has 24 heavy (non-hydrogen) atoms. The van der Waals surface area contributed by atoms with Gasteiger partial charge in [0.15, 0.2) is 0 Å². The highest BCUT2D eigenvalue weighted by molar-refractivity contribution is 7.07. The number of hydrogen-bond acceptors (Lipinski definition) is 5. The smallest absolute Gasteiger partial charge is 0.270 e. The molecule has 1 fully saturated rings. The number of carbonyl (C=O) groups is 1. The molecule has 0 aromatic carbocycles. The number of nitrogens with one attached hydrogen (secondary N) is 1. The van der Waals surface area contributed by atoms with E-state index < -0.39 is 0 Å². The topological polar surface area (TPSA) is 63.1 Å². The van der Waals surface area contributed by atoms with Crippen molar-refractivity contribution in [2.24, 2.45) is 0 Å². The van der Waals surface area contributed by atoms with Crippen molar-refractivity contribution < 1.29 is 4.79 Å². The summed E-state index contributed by atoms with van der Waals surface area (Å²) in [7, 11) is 0. The zero-order valence-corrected chi connectivity index (χ0v) is 14.5. The number of nitrogens with zero attached hydrogens (tertiary/aromatic N) is 4. The largest absolute Gasteiger partial charge is 0.351 e. The van der Waals surface area contributed by atoms with E-state index >= 15 is 0 Å². The molecule has 0 radical (unpaired) electrons. The highest BCUT2D eigenvalue weighted by Crippen LogP contribution is 2.30. The lowest BCUT2D eigenvalue weighted by molar-refractivity contribution is 0.0935. The Bertz CT molecular complexity index is 677. The number of hydrogen-bond donors (Lipinski definition) is 1. The van der Waals surface area contributed by atoms with Gasteiger partial charge < -0.3 is 5.32 Å². The maximum Gasteiger partial charge on any atom is 0.270 e. The standard InChI is InChI=1S/C17H23N5OS/c23-17(16-11-24-12-19-16)18-7-5-14-9-21(13-3-1-2-4-13)10-15-6-8-20-22(14)15/h6,8,11-14H,1-5,7,9-10H2,(H,18,23)/t14-/m1/s1. The van der Waals surface area contributed by atoms with Gasteiger partial charge in [-0.25, -0.2) is 4.98 Å². The first-order valence-electron chi connectivity index (χ1n) is 8.74. The first-order valence-corrected chi connectivity index (χ1v) is 9.68. The maximum atomic E-state index is 12.0. The highest BCUT2D eigenvalue weighted by Gasteiger charge is 2.31. The summed E-state index contributed by atoms with van der Waals surface area (Å²) in [5.74, 6) is -0.0830. The lowest BCUT2D eigenvalue weighted by Gasteiger charge is -2.37. The number of rotatable bonds is 5. The van der Waals surface area contributed by atoms with Crippen LogP contribution in [0.4, 0.5) is 0 Å². The van der Waals surface area contributed by atoms with Crippen LogP contribution in [-0.4, -0.2) is 44.7 Å². The average Bonchev–Trinajstić information content (AvgIpc) is 3.35. The van der Waals surface area contributed by atoms with E-state index in [4.69, 9.17) is 0 Å². The third-order valence-corrected chi connectivity index (χ3v) is 5.76. The van der Waals surface area contributed by atoms with E-state index in [0.29, 0.717) is 18.3 Å². The number of fused-ring (bicyclic) bond motifs is 1. The Labute approximate surface area is 145 Å². The lowest BCUT2D eigenvalue weighted by atomic mass is 10.1. The Kier molecular flexibility index (Phi) is 4.62. The van der Waals surface area contributed by atoms with Crippen molar-refractivity contribution in [1.82, 2.24) is 25.0 Å². The highest BCUT2D eigenvalue weighted by atomic mass is 32.1. The van der Waals surface area contributed by atoms with Gasteiger partial charge in [0.25, 0.3) is 5.91 Å². The van der Waals surface area contributed by atoms with Crippen molar-refractivity contribution in [3.63, 3.8) is 0 Å². The van der Waals surface area contributed by atoms with Crippen LogP contribution in [0.3, 0.4) is 0 Å². The van der Waals surface area contributed by atoms with Crippen LogP contribution in [0.5, 0.6) is 0 Å². The van der Waals surface area contributed by atoms with E-state index in [1.165, 1.54) is 42.7 Å². The Hall–Kier alpha value is -1.73. The van der Waals surface area contributed by atoms with Crippen LogP contribution in [0.2, 0.25) is 0 Å². The zero-order chi connectivity index (χ0) is 16.4. The predicted molar refractivity (Wildman–Crippen MR) is 93.0 cm³/mol. The first-order chi connectivity index (χ1) is 11.8. The van der Waals surface area contributed by atoms with Gasteiger partial charge in [-0.15, -0.1) is 11.3 Å². The third-order valence-electron chi connectivity index (χ3n) is 5.18. The van der Waals surface area contributed by atoms with E-state index in [-0.39, 0.29) is 5.91 Å². The van der Waals surface area contributed by atoms with Crippen LogP contribution >= 0.6 is 11.3 Å². The molecule has 1 amide bonds. The molecule has 2 aromatic rings. The molecule has 3 heterocycles. The summed E-state index contributed by atoms with van der Waals surface area (Å²) < 4.78 is 2.15. The van der Waals surface area contributed by atoms with Crippen molar-refractivity contribution in [2.75, 3.05) is 13.1 Å². The summed E-state index contributed by atoms with van der Waals surface area (Å²) in [5, 5.41) is 9.28. The number of amides is 1. The van der Waals surface area contributed by atoms with Crippen LogP contribution in [0.15, 0.2) is 23.2 Å². The molecule has 128 valence electrons. The van der Waals surface area contributed by atoms with Crippen LogP contribution in [0.25, 0.3) is 0 Å². The average molecular weight is 345 g/mol. The molecule has 7 heteroatoms. The van der Waals surface area contributed by atoms with E-state index in [2.05, 4.69) is 31.0 Å². The monoisotopic (exact) mass is 345 g/mol. The fraction of sp³-hybridized carbons (Fsp3) is 0.588.